The monoisotopic (exact) mass is 405 g/mol. The predicted molar refractivity (Wildman–Crippen MR) is 109 cm³/mol. The van der Waals surface area contributed by atoms with Gasteiger partial charge in [-0.2, -0.15) is 8.42 Å². The number of hydrogen-bond donors (Lipinski definition) is 0. The maximum atomic E-state index is 13.2. The van der Waals surface area contributed by atoms with E-state index < -0.39 is 10.1 Å². The van der Waals surface area contributed by atoms with Gasteiger partial charge < -0.3 is 13.8 Å². The van der Waals surface area contributed by atoms with Gasteiger partial charge in [0.25, 0.3) is 5.91 Å². The molecule has 0 heterocycles. The minimum absolute atomic E-state index is 0.0220. The molecular formula is C21H27NO5S. The first-order valence-electron chi connectivity index (χ1n) is 9.26. The van der Waals surface area contributed by atoms with E-state index in [0.717, 1.165) is 12.0 Å². The van der Waals surface area contributed by atoms with Crippen LogP contribution in [0.15, 0.2) is 48.5 Å². The lowest BCUT2D eigenvalue weighted by Gasteiger charge is -2.29. The smallest absolute Gasteiger partial charge is 0.308 e. The molecule has 2 aromatic carbocycles. The molecule has 2 aromatic rings. The van der Waals surface area contributed by atoms with E-state index in [4.69, 9.17) is 8.92 Å². The Morgan fingerprint density at radius 3 is 2.29 bits per heavy atom. The number of benzene rings is 2. The van der Waals surface area contributed by atoms with E-state index >= 15 is 0 Å². The van der Waals surface area contributed by atoms with Crippen molar-refractivity contribution in [1.29, 1.82) is 0 Å². The molecule has 0 saturated carbocycles. The van der Waals surface area contributed by atoms with Crippen LogP contribution in [0, 0.1) is 0 Å². The van der Waals surface area contributed by atoms with Crippen molar-refractivity contribution >= 4 is 16.0 Å². The number of para-hydroxylation sites is 1. The first-order chi connectivity index (χ1) is 13.3. The molecule has 1 atom stereocenters. The summed E-state index contributed by atoms with van der Waals surface area (Å²) in [5.74, 6) is 0.594. The predicted octanol–water partition coefficient (Wildman–Crippen LogP) is 3.86. The highest BCUT2D eigenvalue weighted by Gasteiger charge is 2.23. The van der Waals surface area contributed by atoms with Gasteiger partial charge in [-0.25, -0.2) is 0 Å². The van der Waals surface area contributed by atoms with Gasteiger partial charge in [0.15, 0.2) is 0 Å². The second kappa shape index (κ2) is 9.59. The Bertz CT molecular complexity index is 893. The molecule has 28 heavy (non-hydrogen) atoms. The highest BCUT2D eigenvalue weighted by atomic mass is 32.2. The zero-order valence-corrected chi connectivity index (χ0v) is 17.5. The lowest BCUT2D eigenvalue weighted by atomic mass is 10.1. The molecule has 0 saturated heterocycles. The molecule has 0 aliphatic rings. The van der Waals surface area contributed by atoms with Crippen LogP contribution in [0.25, 0.3) is 0 Å². The van der Waals surface area contributed by atoms with Gasteiger partial charge in [-0.15, -0.1) is 0 Å². The lowest BCUT2D eigenvalue weighted by Crippen LogP contribution is -2.38. The molecule has 2 rings (SSSR count). The SMILES string of the molecule is CC[C@H](C)N(Cc1ccc(OS(=O)(=O)CC)cc1)C(=O)c1ccccc1OC. The molecule has 0 aromatic heterocycles. The summed E-state index contributed by atoms with van der Waals surface area (Å²) in [5.41, 5.74) is 1.39. The fourth-order valence-electron chi connectivity index (χ4n) is 2.68. The summed E-state index contributed by atoms with van der Waals surface area (Å²) in [7, 11) is -2.02. The van der Waals surface area contributed by atoms with E-state index in [0.29, 0.717) is 17.9 Å². The van der Waals surface area contributed by atoms with E-state index in [9.17, 15) is 13.2 Å². The highest BCUT2D eigenvalue weighted by Crippen LogP contribution is 2.23. The van der Waals surface area contributed by atoms with Crippen molar-refractivity contribution in [3.63, 3.8) is 0 Å². The van der Waals surface area contributed by atoms with E-state index in [2.05, 4.69) is 0 Å². The first-order valence-corrected chi connectivity index (χ1v) is 10.8. The van der Waals surface area contributed by atoms with Gasteiger partial charge in [0.1, 0.15) is 11.5 Å². The molecule has 0 unspecified atom stereocenters. The van der Waals surface area contributed by atoms with E-state index in [1.807, 2.05) is 26.0 Å². The Balaban J connectivity index is 2.24. The third-order valence-electron chi connectivity index (χ3n) is 4.57. The zero-order valence-electron chi connectivity index (χ0n) is 16.7. The molecule has 6 nitrogen and oxygen atoms in total. The van der Waals surface area contributed by atoms with Crippen molar-refractivity contribution in [1.82, 2.24) is 4.90 Å². The first kappa shape index (κ1) is 21.8. The second-order valence-electron chi connectivity index (χ2n) is 6.46. The Labute approximate surface area is 167 Å². The average Bonchev–Trinajstić information content (AvgIpc) is 2.71. The molecule has 0 radical (unpaired) electrons. The van der Waals surface area contributed by atoms with Crippen LogP contribution in [0.5, 0.6) is 11.5 Å². The van der Waals surface area contributed by atoms with Crippen LogP contribution in [0.1, 0.15) is 43.1 Å². The maximum absolute atomic E-state index is 13.2. The van der Waals surface area contributed by atoms with Crippen LogP contribution in [0.2, 0.25) is 0 Å². The summed E-state index contributed by atoms with van der Waals surface area (Å²) in [6.45, 7) is 5.95. The Hall–Kier alpha value is -2.54. The van der Waals surface area contributed by atoms with Gasteiger partial charge in [0.05, 0.1) is 18.4 Å². The molecule has 0 aliphatic carbocycles. The molecule has 0 aliphatic heterocycles. The second-order valence-corrected chi connectivity index (χ2v) is 8.32. The largest absolute Gasteiger partial charge is 0.496 e. The quantitative estimate of drug-likeness (QED) is 0.592. The van der Waals surface area contributed by atoms with Crippen LogP contribution < -0.4 is 8.92 Å². The molecule has 0 fully saturated rings. The average molecular weight is 406 g/mol. The van der Waals surface area contributed by atoms with Gasteiger partial charge in [-0.05, 0) is 50.1 Å². The van der Waals surface area contributed by atoms with Gasteiger partial charge in [-0.3, -0.25) is 4.79 Å². The zero-order chi connectivity index (χ0) is 20.7. The Kier molecular flexibility index (Phi) is 7.45. The molecular weight excluding hydrogens is 378 g/mol. The van der Waals surface area contributed by atoms with Crippen LogP contribution in [-0.2, 0) is 16.7 Å². The number of ether oxygens (including phenoxy) is 1. The van der Waals surface area contributed by atoms with E-state index in [1.165, 1.54) is 6.92 Å². The van der Waals surface area contributed by atoms with Crippen molar-refractivity contribution in [2.24, 2.45) is 0 Å². The Morgan fingerprint density at radius 2 is 1.71 bits per heavy atom. The van der Waals surface area contributed by atoms with E-state index in [-0.39, 0.29) is 23.5 Å². The van der Waals surface area contributed by atoms with Crippen LogP contribution in [-0.4, -0.2) is 38.1 Å². The minimum atomic E-state index is -3.56. The van der Waals surface area contributed by atoms with Crippen LogP contribution >= 0.6 is 0 Å². The molecule has 152 valence electrons. The third-order valence-corrected chi connectivity index (χ3v) is 5.73. The van der Waals surface area contributed by atoms with Crippen LogP contribution in [0.3, 0.4) is 0 Å². The molecule has 0 N–H and O–H groups in total. The summed E-state index contributed by atoms with van der Waals surface area (Å²) < 4.78 is 33.5. The number of carbonyl (C=O) groups excluding carboxylic acids is 1. The van der Waals surface area contributed by atoms with Crippen LogP contribution in [0.4, 0.5) is 0 Å². The van der Waals surface area contributed by atoms with Gasteiger partial charge in [0.2, 0.25) is 0 Å². The maximum Gasteiger partial charge on any atom is 0.308 e. The van der Waals surface area contributed by atoms with Crippen molar-refractivity contribution in [2.45, 2.75) is 39.8 Å². The van der Waals surface area contributed by atoms with Crippen molar-refractivity contribution in [3.05, 3.63) is 59.7 Å². The number of nitrogens with zero attached hydrogens (tertiary/aromatic N) is 1. The third kappa shape index (κ3) is 5.48. The van der Waals surface area contributed by atoms with Gasteiger partial charge >= 0.3 is 10.1 Å². The number of amides is 1. The number of rotatable bonds is 9. The molecule has 0 bridgehead atoms. The summed E-state index contributed by atoms with van der Waals surface area (Å²) in [6.07, 6.45) is 0.802. The molecule has 1 amide bonds. The lowest BCUT2D eigenvalue weighted by molar-refractivity contribution is 0.0668. The topological polar surface area (TPSA) is 72.9 Å². The summed E-state index contributed by atoms with van der Waals surface area (Å²) in [5, 5.41) is 0. The van der Waals surface area contributed by atoms with Gasteiger partial charge in [-0.1, -0.05) is 31.2 Å². The standard InChI is InChI=1S/C21H27NO5S/c1-5-16(3)22(21(23)19-9-7-8-10-20(19)26-4)15-17-11-13-18(14-12-17)27-28(24,25)6-2/h7-14,16H,5-6,15H2,1-4H3/t16-/m0/s1. The summed E-state index contributed by atoms with van der Waals surface area (Å²) in [6, 6.07) is 13.9. The molecule has 7 heteroatoms. The Morgan fingerprint density at radius 1 is 1.07 bits per heavy atom. The van der Waals surface area contributed by atoms with Crippen molar-refractivity contribution in [2.75, 3.05) is 12.9 Å². The number of hydrogen-bond acceptors (Lipinski definition) is 5. The summed E-state index contributed by atoms with van der Waals surface area (Å²) in [4.78, 5) is 15.0. The fourth-order valence-corrected chi connectivity index (χ4v) is 3.20. The fraction of sp³-hybridized carbons (Fsp3) is 0.381. The number of methoxy groups -OCH3 is 1. The van der Waals surface area contributed by atoms with E-state index in [1.54, 1.807) is 48.4 Å². The summed E-state index contributed by atoms with van der Waals surface area (Å²) >= 11 is 0. The minimum Gasteiger partial charge on any atom is -0.496 e. The van der Waals surface area contributed by atoms with Gasteiger partial charge in [0, 0.05) is 12.6 Å². The molecule has 0 spiro atoms. The van der Waals surface area contributed by atoms with Crippen molar-refractivity contribution < 1.29 is 22.1 Å². The number of carbonyl (C=O) groups is 1. The van der Waals surface area contributed by atoms with Crippen molar-refractivity contribution in [3.8, 4) is 11.5 Å². The normalized spacial score (nSPS) is 12.3. The highest BCUT2D eigenvalue weighted by molar-refractivity contribution is 7.87.